The molecule has 0 fully saturated rings. The van der Waals surface area contributed by atoms with Crippen molar-refractivity contribution in [3.05, 3.63) is 88.7 Å². The van der Waals surface area contributed by atoms with Gasteiger partial charge in [0.15, 0.2) is 11.6 Å². The molecule has 0 aliphatic carbocycles. The molecule has 0 aliphatic rings. The van der Waals surface area contributed by atoms with Gasteiger partial charge in [0.1, 0.15) is 0 Å². The molecule has 0 amide bonds. The zero-order chi connectivity index (χ0) is 18.6. The van der Waals surface area contributed by atoms with Gasteiger partial charge in [-0.15, -0.1) is 10.2 Å². The summed E-state index contributed by atoms with van der Waals surface area (Å²) in [4.78, 5) is 4.07. The van der Waals surface area contributed by atoms with Crippen LogP contribution >= 0.6 is 23.2 Å². The van der Waals surface area contributed by atoms with Crippen molar-refractivity contribution in [1.82, 2.24) is 19.9 Å². The van der Waals surface area contributed by atoms with Crippen LogP contribution in [-0.2, 0) is 6.54 Å². The lowest BCUT2D eigenvalue weighted by atomic mass is 10.2. The molecular weight excluding hydrogens is 381 g/mol. The fourth-order valence-electron chi connectivity index (χ4n) is 2.68. The number of hydrogen-bond donors (Lipinski definition) is 1. The molecule has 7 heteroatoms. The summed E-state index contributed by atoms with van der Waals surface area (Å²) >= 11 is 12.0. The van der Waals surface area contributed by atoms with Crippen LogP contribution < -0.4 is 5.43 Å². The monoisotopic (exact) mass is 395 g/mol. The number of hydrogen-bond acceptors (Lipinski definition) is 4. The van der Waals surface area contributed by atoms with E-state index in [2.05, 4.69) is 20.6 Å². The maximum Gasteiger partial charge on any atom is 0.183 e. The minimum absolute atomic E-state index is 0.591. The SMILES string of the molecule is Clc1ccc(CNn2c(-c3ccncc3)nnc2-c2ccc(Cl)cc2)cc1. The highest BCUT2D eigenvalue weighted by Gasteiger charge is 2.15. The first kappa shape index (κ1) is 17.5. The Morgan fingerprint density at radius 3 is 1.81 bits per heavy atom. The van der Waals surface area contributed by atoms with E-state index in [4.69, 9.17) is 23.2 Å². The number of benzene rings is 2. The van der Waals surface area contributed by atoms with Crippen molar-refractivity contribution in [3.8, 4) is 22.8 Å². The molecule has 2 heterocycles. The lowest BCUT2D eigenvalue weighted by Gasteiger charge is -2.13. The molecule has 0 aliphatic heterocycles. The number of nitrogens with zero attached hydrogens (tertiary/aromatic N) is 4. The van der Waals surface area contributed by atoms with Crippen molar-refractivity contribution in [3.63, 3.8) is 0 Å². The maximum atomic E-state index is 6.02. The Morgan fingerprint density at radius 1 is 0.704 bits per heavy atom. The summed E-state index contributed by atoms with van der Waals surface area (Å²) in [7, 11) is 0. The van der Waals surface area contributed by atoms with Gasteiger partial charge in [-0.05, 0) is 54.1 Å². The third-order valence-corrected chi connectivity index (χ3v) is 4.56. The number of pyridine rings is 1. The van der Waals surface area contributed by atoms with Gasteiger partial charge in [0, 0.05) is 33.6 Å². The van der Waals surface area contributed by atoms with E-state index < -0.39 is 0 Å². The highest BCUT2D eigenvalue weighted by molar-refractivity contribution is 6.30. The standard InChI is InChI=1S/C20H15Cl2N5/c21-17-5-1-14(2-6-17)13-24-27-19(15-3-7-18(22)8-4-15)25-26-20(27)16-9-11-23-12-10-16/h1-12,24H,13H2. The lowest BCUT2D eigenvalue weighted by Crippen LogP contribution is -2.17. The minimum Gasteiger partial charge on any atom is -0.318 e. The summed E-state index contributed by atoms with van der Waals surface area (Å²) in [6, 6.07) is 19.0. The Kier molecular flexibility index (Phi) is 5.05. The first-order valence-electron chi connectivity index (χ1n) is 8.31. The number of rotatable bonds is 5. The van der Waals surface area contributed by atoms with E-state index in [0.29, 0.717) is 28.2 Å². The fourth-order valence-corrected chi connectivity index (χ4v) is 2.93. The number of halogens is 2. The van der Waals surface area contributed by atoms with Crippen LogP contribution in [0.4, 0.5) is 0 Å². The summed E-state index contributed by atoms with van der Waals surface area (Å²) < 4.78 is 1.88. The molecule has 27 heavy (non-hydrogen) atoms. The van der Waals surface area contributed by atoms with E-state index in [1.165, 1.54) is 0 Å². The van der Waals surface area contributed by atoms with Crippen LogP contribution in [0.2, 0.25) is 10.0 Å². The molecular formula is C20H15Cl2N5. The number of aromatic nitrogens is 4. The molecule has 0 unspecified atom stereocenters. The van der Waals surface area contributed by atoms with Crippen molar-refractivity contribution in [2.75, 3.05) is 5.43 Å². The van der Waals surface area contributed by atoms with Crippen molar-refractivity contribution < 1.29 is 0 Å². The third-order valence-electron chi connectivity index (χ3n) is 4.06. The maximum absolute atomic E-state index is 6.02. The summed E-state index contributed by atoms with van der Waals surface area (Å²) in [5.74, 6) is 1.41. The first-order chi connectivity index (χ1) is 13.2. The van der Waals surface area contributed by atoms with Gasteiger partial charge in [0.05, 0.1) is 6.54 Å². The predicted octanol–water partition coefficient (Wildman–Crippen LogP) is 5.06. The Balaban J connectivity index is 1.72. The van der Waals surface area contributed by atoms with Gasteiger partial charge in [-0.2, -0.15) is 0 Å². The molecule has 2 aromatic carbocycles. The Hall–Kier alpha value is -2.89. The topological polar surface area (TPSA) is 55.6 Å². The van der Waals surface area contributed by atoms with E-state index >= 15 is 0 Å². The summed E-state index contributed by atoms with van der Waals surface area (Å²) in [6.45, 7) is 0.591. The van der Waals surface area contributed by atoms with Gasteiger partial charge in [0.2, 0.25) is 0 Å². The van der Waals surface area contributed by atoms with E-state index in [-0.39, 0.29) is 0 Å². The van der Waals surface area contributed by atoms with E-state index in [1.54, 1.807) is 12.4 Å². The molecule has 1 N–H and O–H groups in total. The molecule has 2 aromatic heterocycles. The molecule has 0 bridgehead atoms. The molecule has 0 atom stereocenters. The molecule has 134 valence electrons. The van der Waals surface area contributed by atoms with Gasteiger partial charge in [0.25, 0.3) is 0 Å². The summed E-state index contributed by atoms with van der Waals surface area (Å²) in [5, 5.41) is 10.1. The summed E-state index contributed by atoms with van der Waals surface area (Å²) in [5.41, 5.74) is 6.33. The van der Waals surface area contributed by atoms with Crippen molar-refractivity contribution in [1.29, 1.82) is 0 Å². The quantitative estimate of drug-likeness (QED) is 0.513. The van der Waals surface area contributed by atoms with Crippen LogP contribution in [0.25, 0.3) is 22.8 Å². The van der Waals surface area contributed by atoms with Gasteiger partial charge >= 0.3 is 0 Å². The van der Waals surface area contributed by atoms with Crippen LogP contribution in [0.1, 0.15) is 5.56 Å². The highest BCUT2D eigenvalue weighted by Crippen LogP contribution is 2.24. The van der Waals surface area contributed by atoms with Crippen molar-refractivity contribution in [2.45, 2.75) is 6.54 Å². The van der Waals surface area contributed by atoms with Gasteiger partial charge in [-0.1, -0.05) is 35.3 Å². The zero-order valence-corrected chi connectivity index (χ0v) is 15.7. The van der Waals surface area contributed by atoms with E-state index in [0.717, 1.165) is 16.7 Å². The minimum atomic E-state index is 0.591. The van der Waals surface area contributed by atoms with Crippen LogP contribution in [0, 0.1) is 0 Å². The largest absolute Gasteiger partial charge is 0.318 e. The second-order valence-corrected chi connectivity index (χ2v) is 6.76. The Bertz CT molecular complexity index is 1030. The smallest absolute Gasteiger partial charge is 0.183 e. The fraction of sp³-hybridized carbons (Fsp3) is 0.0500. The molecule has 0 saturated carbocycles. The third kappa shape index (κ3) is 3.94. The normalized spacial score (nSPS) is 10.7. The Labute approximate surface area is 166 Å². The molecule has 0 spiro atoms. The number of nitrogens with one attached hydrogen (secondary N) is 1. The lowest BCUT2D eigenvalue weighted by molar-refractivity contribution is 0.851. The highest BCUT2D eigenvalue weighted by atomic mass is 35.5. The van der Waals surface area contributed by atoms with Crippen molar-refractivity contribution >= 4 is 23.2 Å². The van der Waals surface area contributed by atoms with Crippen LogP contribution in [-0.4, -0.2) is 19.9 Å². The molecule has 0 radical (unpaired) electrons. The molecule has 4 rings (SSSR count). The second-order valence-electron chi connectivity index (χ2n) is 5.89. The molecule has 0 saturated heterocycles. The molecule has 4 aromatic rings. The van der Waals surface area contributed by atoms with Crippen LogP contribution in [0.5, 0.6) is 0 Å². The van der Waals surface area contributed by atoms with E-state index in [9.17, 15) is 0 Å². The van der Waals surface area contributed by atoms with Gasteiger partial charge < -0.3 is 5.43 Å². The summed E-state index contributed by atoms with van der Waals surface area (Å²) in [6.07, 6.45) is 3.46. The first-order valence-corrected chi connectivity index (χ1v) is 9.06. The van der Waals surface area contributed by atoms with Crippen LogP contribution in [0.3, 0.4) is 0 Å². The Morgan fingerprint density at radius 2 is 1.22 bits per heavy atom. The zero-order valence-electron chi connectivity index (χ0n) is 14.2. The molecule has 5 nitrogen and oxygen atoms in total. The van der Waals surface area contributed by atoms with E-state index in [1.807, 2.05) is 65.3 Å². The van der Waals surface area contributed by atoms with Crippen molar-refractivity contribution in [2.24, 2.45) is 0 Å². The van der Waals surface area contributed by atoms with Crippen LogP contribution in [0.15, 0.2) is 73.1 Å². The average Bonchev–Trinajstić information content (AvgIpc) is 3.13. The predicted molar refractivity (Wildman–Crippen MR) is 108 cm³/mol. The van der Waals surface area contributed by atoms with Gasteiger partial charge in [-0.3, -0.25) is 4.98 Å². The second kappa shape index (κ2) is 7.78. The van der Waals surface area contributed by atoms with Gasteiger partial charge in [-0.25, -0.2) is 4.68 Å². The average molecular weight is 396 g/mol.